The van der Waals surface area contributed by atoms with Crippen LogP contribution in [0.25, 0.3) is 0 Å². The highest BCUT2D eigenvalue weighted by molar-refractivity contribution is 5.87. The van der Waals surface area contributed by atoms with Crippen molar-refractivity contribution in [1.82, 2.24) is 0 Å². The Labute approximate surface area is 137 Å². The minimum atomic E-state index is -0.495. The summed E-state index contributed by atoms with van der Waals surface area (Å²) in [4.78, 5) is 12.0. The molecule has 0 radical (unpaired) electrons. The molecular weight excluding hydrogens is 288 g/mol. The van der Waals surface area contributed by atoms with Crippen molar-refractivity contribution < 1.29 is 9.53 Å². The number of nitrogen functional groups attached to an aromatic ring is 1. The van der Waals surface area contributed by atoms with Crippen LogP contribution in [0.15, 0.2) is 42.5 Å². The molecule has 4 nitrogen and oxygen atoms in total. The summed E-state index contributed by atoms with van der Waals surface area (Å²) in [5.74, 6) is 0.517. The normalized spacial score (nSPS) is 10.3. The van der Waals surface area contributed by atoms with Gasteiger partial charge in [0.1, 0.15) is 5.75 Å². The van der Waals surface area contributed by atoms with Crippen LogP contribution >= 0.6 is 0 Å². The maximum Gasteiger partial charge on any atom is 0.417 e. The highest BCUT2D eigenvalue weighted by Crippen LogP contribution is 2.26. The van der Waals surface area contributed by atoms with Gasteiger partial charge in [-0.3, -0.25) is 5.32 Å². The van der Waals surface area contributed by atoms with Crippen molar-refractivity contribution in [3.05, 3.63) is 53.6 Å². The highest BCUT2D eigenvalue weighted by Gasteiger charge is 2.10. The lowest BCUT2D eigenvalue weighted by molar-refractivity contribution is 0.215. The smallest absolute Gasteiger partial charge is 0.410 e. The Balaban J connectivity index is 2.16. The third-order valence-electron chi connectivity index (χ3n) is 3.59. The van der Waals surface area contributed by atoms with Crippen LogP contribution in [0.4, 0.5) is 16.2 Å². The molecule has 2 aromatic carbocycles. The predicted molar refractivity (Wildman–Crippen MR) is 94.9 cm³/mol. The monoisotopic (exact) mass is 312 g/mol. The van der Waals surface area contributed by atoms with Gasteiger partial charge in [0.25, 0.3) is 0 Å². The molecule has 2 rings (SSSR count). The number of hydrogen-bond acceptors (Lipinski definition) is 3. The standard InChI is InChI=1S/C19H24N2O2/c1-3-8-14-12-16(13-15(9-4-2)18(14)20)21-19(22)23-17-10-6-5-7-11-17/h5-7,10-13H,3-4,8-9,20H2,1-2H3,(H,21,22). The lowest BCUT2D eigenvalue weighted by Gasteiger charge is -2.14. The van der Waals surface area contributed by atoms with E-state index >= 15 is 0 Å². The number of carbonyl (C=O) groups is 1. The SMILES string of the molecule is CCCc1cc(NC(=O)Oc2ccccc2)cc(CCC)c1N. The van der Waals surface area contributed by atoms with Gasteiger partial charge in [0.05, 0.1) is 0 Å². The summed E-state index contributed by atoms with van der Waals surface area (Å²) in [5, 5.41) is 2.80. The number of rotatable bonds is 6. The van der Waals surface area contributed by atoms with Gasteiger partial charge < -0.3 is 10.5 Å². The summed E-state index contributed by atoms with van der Waals surface area (Å²) in [6.45, 7) is 4.23. The van der Waals surface area contributed by atoms with E-state index in [0.717, 1.165) is 48.2 Å². The number of carbonyl (C=O) groups excluding carboxylic acids is 1. The number of benzene rings is 2. The molecule has 0 saturated heterocycles. The molecule has 0 spiro atoms. The summed E-state index contributed by atoms with van der Waals surface area (Å²) in [7, 11) is 0. The van der Waals surface area contributed by atoms with E-state index in [-0.39, 0.29) is 0 Å². The van der Waals surface area contributed by atoms with Crippen molar-refractivity contribution in [2.45, 2.75) is 39.5 Å². The summed E-state index contributed by atoms with van der Waals surface area (Å²) in [6.07, 6.45) is 3.31. The molecular formula is C19H24N2O2. The van der Waals surface area contributed by atoms with Gasteiger partial charge in [-0.1, -0.05) is 44.9 Å². The molecule has 122 valence electrons. The molecule has 0 unspecified atom stereocenters. The van der Waals surface area contributed by atoms with Crippen LogP contribution in [0.2, 0.25) is 0 Å². The Bertz CT molecular complexity index is 627. The first-order valence-corrected chi connectivity index (χ1v) is 8.09. The molecule has 0 aliphatic heterocycles. The third kappa shape index (κ3) is 4.74. The lowest BCUT2D eigenvalue weighted by Crippen LogP contribution is -2.17. The predicted octanol–water partition coefficient (Wildman–Crippen LogP) is 4.78. The minimum Gasteiger partial charge on any atom is -0.410 e. The van der Waals surface area contributed by atoms with Gasteiger partial charge in [-0.2, -0.15) is 0 Å². The molecule has 1 amide bonds. The number of amides is 1. The van der Waals surface area contributed by atoms with Gasteiger partial charge in [-0.25, -0.2) is 4.79 Å². The van der Waals surface area contributed by atoms with Gasteiger partial charge in [-0.15, -0.1) is 0 Å². The topological polar surface area (TPSA) is 64.3 Å². The lowest BCUT2D eigenvalue weighted by atomic mass is 9.99. The second-order valence-corrected chi connectivity index (χ2v) is 5.54. The number of hydrogen-bond donors (Lipinski definition) is 2. The van der Waals surface area contributed by atoms with Crippen LogP contribution in [-0.4, -0.2) is 6.09 Å². The summed E-state index contributed by atoms with van der Waals surface area (Å²) in [6, 6.07) is 12.9. The second kappa shape index (κ2) is 8.22. The molecule has 0 heterocycles. The zero-order chi connectivity index (χ0) is 16.7. The summed E-state index contributed by atoms with van der Waals surface area (Å²) < 4.78 is 5.27. The largest absolute Gasteiger partial charge is 0.417 e. The van der Waals surface area contributed by atoms with E-state index in [1.165, 1.54) is 0 Å². The van der Waals surface area contributed by atoms with Crippen molar-refractivity contribution >= 4 is 17.5 Å². The van der Waals surface area contributed by atoms with Crippen molar-refractivity contribution in [3.8, 4) is 5.75 Å². The van der Waals surface area contributed by atoms with E-state index in [1.807, 2.05) is 30.3 Å². The van der Waals surface area contributed by atoms with Crippen molar-refractivity contribution in [3.63, 3.8) is 0 Å². The van der Waals surface area contributed by atoms with Gasteiger partial charge in [-0.05, 0) is 48.2 Å². The first-order valence-electron chi connectivity index (χ1n) is 8.09. The molecule has 2 aromatic rings. The number of nitrogens with two attached hydrogens (primary N) is 1. The number of nitrogens with one attached hydrogen (secondary N) is 1. The van der Waals surface area contributed by atoms with E-state index < -0.39 is 6.09 Å². The van der Waals surface area contributed by atoms with Crippen LogP contribution in [0, 0.1) is 0 Å². The van der Waals surface area contributed by atoms with Crippen molar-refractivity contribution in [1.29, 1.82) is 0 Å². The summed E-state index contributed by atoms with van der Waals surface area (Å²) >= 11 is 0. The first kappa shape index (κ1) is 16.9. The molecule has 0 aliphatic rings. The number of anilines is 2. The van der Waals surface area contributed by atoms with Gasteiger partial charge in [0, 0.05) is 11.4 Å². The quantitative estimate of drug-likeness (QED) is 0.754. The number of ether oxygens (including phenoxy) is 1. The molecule has 23 heavy (non-hydrogen) atoms. The Morgan fingerprint density at radius 3 is 2.13 bits per heavy atom. The molecule has 0 saturated carbocycles. The van der Waals surface area contributed by atoms with Crippen LogP contribution in [0.5, 0.6) is 5.75 Å². The van der Waals surface area contributed by atoms with E-state index in [0.29, 0.717) is 5.75 Å². The van der Waals surface area contributed by atoms with E-state index in [1.54, 1.807) is 12.1 Å². The number of aryl methyl sites for hydroxylation is 2. The van der Waals surface area contributed by atoms with E-state index in [9.17, 15) is 4.79 Å². The van der Waals surface area contributed by atoms with Crippen LogP contribution in [0.1, 0.15) is 37.8 Å². The average Bonchev–Trinajstić information content (AvgIpc) is 2.53. The number of para-hydroxylation sites is 1. The zero-order valence-corrected chi connectivity index (χ0v) is 13.8. The molecule has 4 heteroatoms. The van der Waals surface area contributed by atoms with Crippen molar-refractivity contribution in [2.75, 3.05) is 11.1 Å². The fraction of sp³-hybridized carbons (Fsp3) is 0.316. The first-order chi connectivity index (χ1) is 11.1. The van der Waals surface area contributed by atoms with Crippen LogP contribution in [-0.2, 0) is 12.8 Å². The highest BCUT2D eigenvalue weighted by atomic mass is 16.6. The van der Waals surface area contributed by atoms with Crippen LogP contribution < -0.4 is 15.8 Å². The zero-order valence-electron chi connectivity index (χ0n) is 13.8. The Morgan fingerprint density at radius 1 is 1.04 bits per heavy atom. The fourth-order valence-electron chi connectivity index (χ4n) is 2.54. The maximum absolute atomic E-state index is 12.0. The second-order valence-electron chi connectivity index (χ2n) is 5.54. The molecule has 3 N–H and O–H groups in total. The fourth-order valence-corrected chi connectivity index (χ4v) is 2.54. The third-order valence-corrected chi connectivity index (χ3v) is 3.59. The molecule has 0 aromatic heterocycles. The van der Waals surface area contributed by atoms with Gasteiger partial charge in [0.15, 0.2) is 0 Å². The Morgan fingerprint density at radius 2 is 1.61 bits per heavy atom. The average molecular weight is 312 g/mol. The Hall–Kier alpha value is -2.49. The van der Waals surface area contributed by atoms with E-state index in [2.05, 4.69) is 19.2 Å². The molecule has 0 fully saturated rings. The molecule has 0 atom stereocenters. The summed E-state index contributed by atoms with van der Waals surface area (Å²) in [5.41, 5.74) is 9.96. The van der Waals surface area contributed by atoms with Crippen molar-refractivity contribution in [2.24, 2.45) is 0 Å². The minimum absolute atomic E-state index is 0.495. The van der Waals surface area contributed by atoms with E-state index in [4.69, 9.17) is 10.5 Å². The molecule has 0 aliphatic carbocycles. The van der Waals surface area contributed by atoms with Crippen LogP contribution in [0.3, 0.4) is 0 Å². The molecule has 0 bridgehead atoms. The van der Waals surface area contributed by atoms with Gasteiger partial charge in [0.2, 0.25) is 0 Å². The maximum atomic E-state index is 12.0. The Kier molecular flexibility index (Phi) is 6.03. The van der Waals surface area contributed by atoms with Gasteiger partial charge >= 0.3 is 6.09 Å².